The number of hydrogen-bond donors (Lipinski definition) is 3. The van der Waals surface area contributed by atoms with Crippen molar-refractivity contribution in [2.75, 3.05) is 17.2 Å². The summed E-state index contributed by atoms with van der Waals surface area (Å²) in [6.07, 6.45) is 3.84. The van der Waals surface area contributed by atoms with Gasteiger partial charge in [0.15, 0.2) is 5.65 Å². The second kappa shape index (κ2) is 6.41. The fourth-order valence-electron chi connectivity index (χ4n) is 2.76. The van der Waals surface area contributed by atoms with Gasteiger partial charge in [0, 0.05) is 30.7 Å². The maximum atomic E-state index is 6.22. The SMILES string of the molecule is Cc1ccc(CNc2nc(NCC3(N)CC3)nc3c2cnn3C)cc1Cl. The molecule has 0 bridgehead atoms. The predicted molar refractivity (Wildman–Crippen MR) is 104 cm³/mol. The zero-order valence-electron chi connectivity index (χ0n) is 14.9. The molecule has 26 heavy (non-hydrogen) atoms. The molecule has 4 N–H and O–H groups in total. The molecular weight excluding hydrogens is 350 g/mol. The van der Waals surface area contributed by atoms with Crippen LogP contribution >= 0.6 is 11.6 Å². The van der Waals surface area contributed by atoms with E-state index in [4.69, 9.17) is 17.3 Å². The van der Waals surface area contributed by atoms with E-state index in [1.54, 1.807) is 10.9 Å². The van der Waals surface area contributed by atoms with Crippen LogP contribution < -0.4 is 16.4 Å². The summed E-state index contributed by atoms with van der Waals surface area (Å²) >= 11 is 6.22. The van der Waals surface area contributed by atoms with Crippen LogP contribution in [0.25, 0.3) is 11.0 Å². The second-order valence-corrected chi connectivity index (χ2v) is 7.46. The van der Waals surface area contributed by atoms with E-state index in [1.165, 1.54) is 0 Å². The molecular formula is C18H22ClN7. The summed E-state index contributed by atoms with van der Waals surface area (Å²) in [6, 6.07) is 6.04. The molecule has 0 aliphatic heterocycles. The van der Waals surface area contributed by atoms with Crippen molar-refractivity contribution in [2.24, 2.45) is 12.8 Å². The number of nitrogens with one attached hydrogen (secondary N) is 2. The fourth-order valence-corrected chi connectivity index (χ4v) is 2.96. The molecule has 1 aromatic carbocycles. The topological polar surface area (TPSA) is 93.7 Å². The Balaban J connectivity index is 1.58. The molecule has 0 spiro atoms. The number of rotatable bonds is 6. The van der Waals surface area contributed by atoms with Crippen LogP contribution in [0, 0.1) is 6.92 Å². The van der Waals surface area contributed by atoms with Crippen LogP contribution in [0.2, 0.25) is 5.02 Å². The molecule has 0 unspecified atom stereocenters. The third-order valence-corrected chi connectivity index (χ3v) is 5.19. The number of anilines is 2. The number of aromatic nitrogens is 4. The highest BCUT2D eigenvalue weighted by Gasteiger charge is 2.38. The summed E-state index contributed by atoms with van der Waals surface area (Å²) < 4.78 is 1.74. The Morgan fingerprint density at radius 2 is 2.08 bits per heavy atom. The largest absolute Gasteiger partial charge is 0.365 e. The smallest absolute Gasteiger partial charge is 0.226 e. The summed E-state index contributed by atoms with van der Waals surface area (Å²) in [6.45, 7) is 3.27. The van der Waals surface area contributed by atoms with Crippen LogP contribution in [0.3, 0.4) is 0 Å². The molecule has 2 aromatic heterocycles. The van der Waals surface area contributed by atoms with E-state index < -0.39 is 0 Å². The lowest BCUT2D eigenvalue weighted by Crippen LogP contribution is -2.31. The lowest BCUT2D eigenvalue weighted by molar-refractivity contribution is 0.708. The van der Waals surface area contributed by atoms with Crippen molar-refractivity contribution in [3.8, 4) is 0 Å². The summed E-state index contributed by atoms with van der Waals surface area (Å²) in [5.41, 5.74) is 8.96. The van der Waals surface area contributed by atoms with E-state index in [0.717, 1.165) is 45.8 Å². The Morgan fingerprint density at radius 1 is 1.27 bits per heavy atom. The highest BCUT2D eigenvalue weighted by Crippen LogP contribution is 2.32. The Bertz CT molecular complexity index is 962. The standard InChI is InChI=1S/C18H22ClN7/c1-11-3-4-12(7-14(11)19)8-21-15-13-9-23-26(2)16(13)25-17(24-15)22-10-18(20)5-6-18/h3-4,7,9H,5-6,8,10,20H2,1-2H3,(H2,21,22,24,25). The molecule has 4 rings (SSSR count). The molecule has 1 saturated carbocycles. The van der Waals surface area contributed by atoms with Crippen LogP contribution in [0.4, 0.5) is 11.8 Å². The Hall–Kier alpha value is -2.38. The van der Waals surface area contributed by atoms with Crippen molar-refractivity contribution in [3.63, 3.8) is 0 Å². The summed E-state index contributed by atoms with van der Waals surface area (Å²) in [4.78, 5) is 9.19. The molecule has 0 radical (unpaired) electrons. The van der Waals surface area contributed by atoms with Crippen molar-refractivity contribution in [3.05, 3.63) is 40.5 Å². The molecule has 3 aromatic rings. The van der Waals surface area contributed by atoms with E-state index in [0.29, 0.717) is 19.0 Å². The average molecular weight is 372 g/mol. The molecule has 1 aliphatic carbocycles. The first-order valence-corrected chi connectivity index (χ1v) is 9.03. The third kappa shape index (κ3) is 3.45. The van der Waals surface area contributed by atoms with Crippen molar-refractivity contribution in [1.82, 2.24) is 19.7 Å². The van der Waals surface area contributed by atoms with Gasteiger partial charge in [-0.2, -0.15) is 15.1 Å². The van der Waals surface area contributed by atoms with Crippen LogP contribution in [0.1, 0.15) is 24.0 Å². The minimum Gasteiger partial charge on any atom is -0.365 e. The van der Waals surface area contributed by atoms with Crippen molar-refractivity contribution < 1.29 is 0 Å². The maximum Gasteiger partial charge on any atom is 0.226 e. The zero-order valence-corrected chi connectivity index (χ0v) is 15.6. The van der Waals surface area contributed by atoms with Crippen molar-refractivity contribution >= 4 is 34.4 Å². The Labute approximate surface area is 157 Å². The average Bonchev–Trinajstić information content (AvgIpc) is 3.25. The normalized spacial score (nSPS) is 15.2. The first-order chi connectivity index (χ1) is 12.4. The first-order valence-electron chi connectivity index (χ1n) is 8.65. The molecule has 7 nitrogen and oxygen atoms in total. The molecule has 0 amide bonds. The van der Waals surface area contributed by atoms with E-state index in [-0.39, 0.29) is 5.54 Å². The van der Waals surface area contributed by atoms with E-state index in [9.17, 15) is 0 Å². The van der Waals surface area contributed by atoms with Gasteiger partial charge < -0.3 is 16.4 Å². The molecule has 136 valence electrons. The Morgan fingerprint density at radius 3 is 2.81 bits per heavy atom. The van der Waals surface area contributed by atoms with E-state index in [2.05, 4.69) is 31.8 Å². The third-order valence-electron chi connectivity index (χ3n) is 4.78. The molecule has 0 atom stereocenters. The number of nitrogens with zero attached hydrogens (tertiary/aromatic N) is 4. The van der Waals surface area contributed by atoms with Crippen molar-refractivity contribution in [1.29, 1.82) is 0 Å². The van der Waals surface area contributed by atoms with Gasteiger partial charge in [0.1, 0.15) is 5.82 Å². The number of nitrogens with two attached hydrogens (primary N) is 1. The van der Waals surface area contributed by atoms with Crippen LogP contribution in [-0.4, -0.2) is 31.8 Å². The number of hydrogen-bond acceptors (Lipinski definition) is 6. The molecule has 2 heterocycles. The van der Waals surface area contributed by atoms with Crippen LogP contribution in [-0.2, 0) is 13.6 Å². The lowest BCUT2D eigenvalue weighted by Gasteiger charge is -2.13. The van der Waals surface area contributed by atoms with Gasteiger partial charge >= 0.3 is 0 Å². The highest BCUT2D eigenvalue weighted by atomic mass is 35.5. The van der Waals surface area contributed by atoms with Gasteiger partial charge in [-0.25, -0.2) is 0 Å². The van der Waals surface area contributed by atoms with E-state index >= 15 is 0 Å². The van der Waals surface area contributed by atoms with Crippen LogP contribution in [0.5, 0.6) is 0 Å². The molecule has 8 heteroatoms. The summed E-state index contributed by atoms with van der Waals surface area (Å²) in [5, 5.41) is 12.6. The van der Waals surface area contributed by atoms with Gasteiger partial charge in [-0.1, -0.05) is 23.7 Å². The molecule has 1 aliphatic rings. The highest BCUT2D eigenvalue weighted by molar-refractivity contribution is 6.31. The van der Waals surface area contributed by atoms with Gasteiger partial charge in [0.2, 0.25) is 5.95 Å². The molecule has 1 fully saturated rings. The van der Waals surface area contributed by atoms with Gasteiger partial charge in [0.25, 0.3) is 0 Å². The van der Waals surface area contributed by atoms with Gasteiger partial charge in [-0.3, -0.25) is 4.68 Å². The van der Waals surface area contributed by atoms with E-state index in [1.807, 2.05) is 26.1 Å². The zero-order chi connectivity index (χ0) is 18.3. The number of benzene rings is 1. The Kier molecular flexibility index (Phi) is 4.20. The van der Waals surface area contributed by atoms with Gasteiger partial charge in [0.05, 0.1) is 11.6 Å². The fraction of sp³-hybridized carbons (Fsp3) is 0.389. The quantitative estimate of drug-likeness (QED) is 0.617. The first kappa shape index (κ1) is 17.1. The minimum atomic E-state index is -0.114. The molecule has 0 saturated heterocycles. The monoisotopic (exact) mass is 371 g/mol. The predicted octanol–water partition coefficient (Wildman–Crippen LogP) is 2.84. The summed E-state index contributed by atoms with van der Waals surface area (Å²) in [5.74, 6) is 1.30. The van der Waals surface area contributed by atoms with Gasteiger partial charge in [-0.05, 0) is 37.0 Å². The number of fused-ring (bicyclic) bond motifs is 1. The number of halogens is 1. The second-order valence-electron chi connectivity index (χ2n) is 7.05. The van der Waals surface area contributed by atoms with Crippen molar-refractivity contribution in [2.45, 2.75) is 31.8 Å². The number of aryl methyl sites for hydroxylation is 2. The maximum absolute atomic E-state index is 6.22. The van der Waals surface area contributed by atoms with Crippen LogP contribution in [0.15, 0.2) is 24.4 Å². The minimum absolute atomic E-state index is 0.114. The lowest BCUT2D eigenvalue weighted by atomic mass is 10.1. The van der Waals surface area contributed by atoms with Gasteiger partial charge in [-0.15, -0.1) is 0 Å². The summed E-state index contributed by atoms with van der Waals surface area (Å²) in [7, 11) is 1.87.